The topological polar surface area (TPSA) is 207 Å². The second kappa shape index (κ2) is 25.0. The van der Waals surface area contributed by atoms with Crippen molar-refractivity contribution < 1.29 is 57.4 Å². The Morgan fingerprint density at radius 1 is 0.491 bits per heavy atom. The van der Waals surface area contributed by atoms with Crippen LogP contribution in [0.4, 0.5) is 9.59 Å². The fourth-order valence-electron chi connectivity index (χ4n) is 5.50. The highest BCUT2D eigenvalue weighted by Crippen LogP contribution is 2.16. The van der Waals surface area contributed by atoms with Crippen LogP contribution in [0.5, 0.6) is 0 Å². The van der Waals surface area contributed by atoms with Gasteiger partial charge in [-0.25, -0.2) is 25.2 Å². The Bertz CT molecular complexity index is 1330. The van der Waals surface area contributed by atoms with Gasteiger partial charge in [-0.05, 0) is 75.2 Å². The highest BCUT2D eigenvalue weighted by molar-refractivity contribution is 6.01. The van der Waals surface area contributed by atoms with Gasteiger partial charge in [-0.15, -0.1) is 5.06 Å². The number of ether oxygens (including phenoxy) is 3. The Morgan fingerprint density at radius 2 is 0.842 bits per heavy atom. The molecule has 17 nitrogen and oxygen atoms in total. The molecule has 0 bridgehead atoms. The molecule has 0 aromatic rings. The first-order chi connectivity index (χ1) is 26.5. The number of nitrogens with zero attached hydrogens (tertiary/aromatic N) is 3. The molecule has 57 heavy (non-hydrogen) atoms. The van der Waals surface area contributed by atoms with Crippen LogP contribution in [0.1, 0.15) is 178 Å². The lowest BCUT2D eigenvalue weighted by molar-refractivity contribution is -0.197. The zero-order valence-electron chi connectivity index (χ0n) is 35.9. The van der Waals surface area contributed by atoms with Gasteiger partial charge in [-0.2, -0.15) is 0 Å². The Kier molecular flexibility index (Phi) is 22.2. The number of imide groups is 1. The number of esters is 1. The minimum Gasteiger partial charge on any atom is -0.460 e. The molecule has 2 N–H and O–H groups in total. The zero-order valence-corrected chi connectivity index (χ0v) is 35.9. The lowest BCUT2D eigenvalue weighted by Crippen LogP contribution is -2.52. The van der Waals surface area contributed by atoms with Crippen molar-refractivity contribution in [2.24, 2.45) is 0 Å². The summed E-state index contributed by atoms with van der Waals surface area (Å²) >= 11 is 0. The summed E-state index contributed by atoms with van der Waals surface area (Å²) in [5.41, 5.74) is 2.50. The summed E-state index contributed by atoms with van der Waals surface area (Å²) in [6, 6.07) is 0. The predicted molar refractivity (Wildman–Crippen MR) is 209 cm³/mol. The Hall–Kier alpha value is -4.44. The number of rotatable bonds is 22. The van der Waals surface area contributed by atoms with Crippen molar-refractivity contribution in [3.63, 3.8) is 0 Å². The minimum absolute atomic E-state index is 0.0903. The van der Waals surface area contributed by atoms with Crippen molar-refractivity contribution in [2.45, 2.75) is 195 Å². The average molecular weight is 812 g/mol. The number of hydrazine groups is 2. The number of nitrogens with one attached hydrogen (secondary N) is 2. The highest BCUT2D eigenvalue weighted by atomic mass is 16.7. The summed E-state index contributed by atoms with van der Waals surface area (Å²) in [6.07, 6.45) is 9.67. The van der Waals surface area contributed by atoms with Gasteiger partial charge in [0.1, 0.15) is 16.8 Å². The van der Waals surface area contributed by atoms with E-state index in [1.807, 2.05) is 20.8 Å². The molecular formula is C40H69N5O12. The Labute approximate surface area is 338 Å². The third-order valence-corrected chi connectivity index (χ3v) is 8.08. The lowest BCUT2D eigenvalue weighted by Gasteiger charge is -2.28. The maximum Gasteiger partial charge on any atom is 0.426 e. The van der Waals surface area contributed by atoms with Gasteiger partial charge < -0.3 is 19.0 Å². The molecule has 1 heterocycles. The number of hydroxylamine groups is 2. The molecule has 1 saturated heterocycles. The van der Waals surface area contributed by atoms with E-state index in [0.717, 1.165) is 80.6 Å². The van der Waals surface area contributed by atoms with Gasteiger partial charge in [0.2, 0.25) is 11.8 Å². The average Bonchev–Trinajstić information content (AvgIpc) is 3.37. The Morgan fingerprint density at radius 3 is 1.25 bits per heavy atom. The molecule has 1 aliphatic heterocycles. The van der Waals surface area contributed by atoms with Crippen LogP contribution in [0.3, 0.4) is 0 Å². The molecule has 0 unspecified atom stereocenters. The Balaban J connectivity index is 2.61. The summed E-state index contributed by atoms with van der Waals surface area (Å²) in [4.78, 5) is 105. The summed E-state index contributed by atoms with van der Waals surface area (Å²) < 4.78 is 15.9. The van der Waals surface area contributed by atoms with Gasteiger partial charge in [0.25, 0.3) is 11.8 Å². The van der Waals surface area contributed by atoms with Crippen molar-refractivity contribution in [1.82, 2.24) is 25.9 Å². The number of carbonyl (C=O) groups excluding carboxylic acids is 8. The summed E-state index contributed by atoms with van der Waals surface area (Å²) in [5.74, 6) is -3.63. The number of hydrogen-bond acceptors (Lipinski definition) is 12. The molecule has 326 valence electrons. The molecule has 0 spiro atoms. The van der Waals surface area contributed by atoms with Crippen LogP contribution >= 0.6 is 0 Å². The largest absolute Gasteiger partial charge is 0.460 e. The van der Waals surface area contributed by atoms with E-state index in [1.54, 1.807) is 41.5 Å². The molecule has 1 fully saturated rings. The highest BCUT2D eigenvalue weighted by Gasteiger charge is 2.33. The molecule has 0 aliphatic carbocycles. The fourth-order valence-corrected chi connectivity index (χ4v) is 5.50. The van der Waals surface area contributed by atoms with Crippen molar-refractivity contribution in [3.8, 4) is 0 Å². The van der Waals surface area contributed by atoms with E-state index >= 15 is 0 Å². The number of unbranched alkanes of at least 4 members (excludes halogenated alkanes) is 11. The second-order valence-corrected chi connectivity index (χ2v) is 17.2. The smallest absolute Gasteiger partial charge is 0.426 e. The summed E-state index contributed by atoms with van der Waals surface area (Å²) in [7, 11) is 0. The van der Waals surface area contributed by atoms with Crippen LogP contribution in [0.25, 0.3) is 0 Å². The third kappa shape index (κ3) is 25.4. The molecule has 1 rings (SSSR count). The first kappa shape index (κ1) is 50.6. The van der Waals surface area contributed by atoms with E-state index in [9.17, 15) is 38.4 Å². The predicted octanol–water partition coefficient (Wildman–Crippen LogP) is 6.71. The van der Waals surface area contributed by atoms with Gasteiger partial charge in [0.05, 0.1) is 19.5 Å². The molecule has 0 aromatic carbocycles. The molecule has 0 atom stereocenters. The monoisotopic (exact) mass is 811 g/mol. The van der Waals surface area contributed by atoms with Gasteiger partial charge in [0, 0.05) is 32.1 Å². The molecule has 1 aliphatic rings. The fraction of sp³-hybridized carbons (Fsp3) is 0.800. The van der Waals surface area contributed by atoms with Gasteiger partial charge in [-0.3, -0.25) is 34.0 Å². The summed E-state index contributed by atoms with van der Waals surface area (Å²) in [5, 5.41) is 2.20. The van der Waals surface area contributed by atoms with Crippen molar-refractivity contribution >= 4 is 47.8 Å². The van der Waals surface area contributed by atoms with Crippen molar-refractivity contribution in [1.29, 1.82) is 0 Å². The molecule has 0 radical (unpaired) electrons. The third-order valence-electron chi connectivity index (χ3n) is 8.08. The molecule has 17 heteroatoms. The SMILES string of the molecule is CC(C)(C)OC(=O)CCCCCCCCCCCCCCC(=O)N(CCC(=O)N(CCC(=O)ON1C(=O)CCC1=O)NC(=O)OC(C)(C)C)NC(=O)OC(C)(C)C. The molecule has 6 amide bonds. The maximum atomic E-state index is 13.4. The van der Waals surface area contributed by atoms with Gasteiger partial charge in [0.15, 0.2) is 0 Å². The van der Waals surface area contributed by atoms with E-state index in [4.69, 9.17) is 19.0 Å². The van der Waals surface area contributed by atoms with E-state index in [0.29, 0.717) is 17.9 Å². The van der Waals surface area contributed by atoms with Gasteiger partial charge >= 0.3 is 24.1 Å². The number of amides is 6. The summed E-state index contributed by atoms with van der Waals surface area (Å²) in [6.45, 7) is 14.8. The number of carbonyl (C=O) groups is 8. The van der Waals surface area contributed by atoms with Crippen molar-refractivity contribution in [2.75, 3.05) is 13.1 Å². The van der Waals surface area contributed by atoms with E-state index in [-0.39, 0.29) is 38.2 Å². The lowest BCUT2D eigenvalue weighted by atomic mass is 10.0. The van der Waals surface area contributed by atoms with Crippen molar-refractivity contribution in [3.05, 3.63) is 0 Å². The van der Waals surface area contributed by atoms with Gasteiger partial charge in [-0.1, -0.05) is 64.2 Å². The zero-order chi connectivity index (χ0) is 43.2. The van der Waals surface area contributed by atoms with Crippen LogP contribution in [-0.4, -0.2) is 92.7 Å². The minimum atomic E-state index is -0.994. The molecular weight excluding hydrogens is 742 g/mol. The van der Waals surface area contributed by atoms with Crippen LogP contribution in [0, 0.1) is 0 Å². The number of hydrogen-bond donors (Lipinski definition) is 2. The first-order valence-electron chi connectivity index (χ1n) is 20.3. The normalized spacial score (nSPS) is 13.2. The van der Waals surface area contributed by atoms with Crippen LogP contribution in [0.15, 0.2) is 0 Å². The standard InChI is InChI=1S/C40H69N5O12/c1-38(2,3)54-34(50)23-21-19-17-15-13-11-10-12-14-16-18-20-22-30(46)43(41-36(52)55-39(4,5)6)28-26-31(47)44(42-37(53)56-40(7,8)9)29-27-35(51)57-45-32(48)24-25-33(45)49/h10-29H2,1-9H3,(H,41,52)(H,42,53). The van der Waals surface area contributed by atoms with Crippen LogP contribution in [0.2, 0.25) is 0 Å². The maximum absolute atomic E-state index is 13.4. The van der Waals surface area contributed by atoms with E-state index < -0.39 is 71.6 Å². The molecule has 0 aromatic heterocycles. The van der Waals surface area contributed by atoms with Crippen LogP contribution < -0.4 is 10.9 Å². The molecule has 0 saturated carbocycles. The second-order valence-electron chi connectivity index (χ2n) is 17.2. The quantitative estimate of drug-likeness (QED) is 0.0385. The van der Waals surface area contributed by atoms with E-state index in [2.05, 4.69) is 10.9 Å². The van der Waals surface area contributed by atoms with Crippen LogP contribution in [-0.2, 0) is 47.8 Å². The van der Waals surface area contributed by atoms with E-state index in [1.165, 1.54) is 0 Å². The first-order valence-corrected chi connectivity index (χ1v) is 20.3.